The Balaban J connectivity index is 1.58. The molecule has 3 fully saturated rings. The van der Waals surface area contributed by atoms with Crippen molar-refractivity contribution in [3.05, 3.63) is 11.1 Å². The van der Waals surface area contributed by atoms with Gasteiger partial charge in [-0.25, -0.2) is 4.79 Å². The van der Waals surface area contributed by atoms with E-state index in [2.05, 4.69) is 6.92 Å². The summed E-state index contributed by atoms with van der Waals surface area (Å²) in [5.41, 5.74) is 1.71. The molecule has 4 aliphatic rings. The summed E-state index contributed by atoms with van der Waals surface area (Å²) in [4.78, 5) is 11.6. The van der Waals surface area contributed by atoms with E-state index in [0.717, 1.165) is 31.3 Å². The fraction of sp³-hybridized carbons (Fsp3) is 0.812. The normalized spacial score (nSPS) is 49.4. The number of rotatable bonds is 3. The smallest absolute Gasteiger partial charge is 0.331 e. The molecule has 20 heavy (non-hydrogen) atoms. The molecule has 0 radical (unpaired) electrons. The molecule has 7 atom stereocenters. The standard InChI is InChI=1S/C16H22O4/c1-7-3-11-12(19-11)6-9(7)5-10-14(16(17)18)8(2)4-13-15(10)20-13/h7-9,11-13,15H,3-6H2,1-2H3,(H,17,18). The van der Waals surface area contributed by atoms with E-state index < -0.39 is 5.97 Å². The second-order valence-corrected chi connectivity index (χ2v) is 7.10. The predicted molar refractivity (Wildman–Crippen MR) is 72.3 cm³/mol. The summed E-state index contributed by atoms with van der Waals surface area (Å²) in [5, 5.41) is 9.53. The number of aliphatic carboxylic acids is 1. The SMILES string of the molecule is CC1CC2OC2C(CC2CC3OC3CC2C)=C1C(=O)O. The third kappa shape index (κ3) is 2.01. The molecule has 1 saturated carbocycles. The first-order valence-electron chi connectivity index (χ1n) is 7.81. The van der Waals surface area contributed by atoms with Crippen LogP contribution in [0.5, 0.6) is 0 Å². The number of hydrogen-bond acceptors (Lipinski definition) is 3. The summed E-state index contributed by atoms with van der Waals surface area (Å²) in [6.07, 6.45) is 5.30. The zero-order valence-electron chi connectivity index (χ0n) is 12.0. The highest BCUT2D eigenvalue weighted by molar-refractivity contribution is 5.89. The maximum atomic E-state index is 11.6. The van der Waals surface area contributed by atoms with Crippen LogP contribution in [0.4, 0.5) is 0 Å². The van der Waals surface area contributed by atoms with E-state index in [-0.39, 0.29) is 18.1 Å². The molecule has 0 aromatic heterocycles. The molecule has 2 aliphatic heterocycles. The molecule has 4 nitrogen and oxygen atoms in total. The number of ether oxygens (including phenoxy) is 2. The Labute approximate surface area is 119 Å². The monoisotopic (exact) mass is 278 g/mol. The Morgan fingerprint density at radius 1 is 1.15 bits per heavy atom. The van der Waals surface area contributed by atoms with Crippen LogP contribution in [-0.4, -0.2) is 35.5 Å². The molecule has 0 aromatic rings. The minimum atomic E-state index is -0.745. The van der Waals surface area contributed by atoms with Gasteiger partial charge in [0.05, 0.1) is 18.3 Å². The van der Waals surface area contributed by atoms with Gasteiger partial charge < -0.3 is 14.6 Å². The first kappa shape index (κ1) is 12.8. The van der Waals surface area contributed by atoms with Crippen molar-refractivity contribution in [2.75, 3.05) is 0 Å². The van der Waals surface area contributed by atoms with Crippen molar-refractivity contribution in [1.29, 1.82) is 0 Å². The molecule has 0 amide bonds. The summed E-state index contributed by atoms with van der Waals surface area (Å²) >= 11 is 0. The summed E-state index contributed by atoms with van der Waals surface area (Å²) in [6, 6.07) is 0. The molecule has 0 bridgehead atoms. The number of epoxide rings is 2. The average molecular weight is 278 g/mol. The molecular formula is C16H22O4. The number of fused-ring (bicyclic) bond motifs is 2. The van der Waals surface area contributed by atoms with E-state index in [9.17, 15) is 9.90 Å². The number of carboxylic acid groups (broad SMARTS) is 1. The first-order chi connectivity index (χ1) is 9.54. The molecule has 0 aromatic carbocycles. The quantitative estimate of drug-likeness (QED) is 0.805. The van der Waals surface area contributed by atoms with Crippen LogP contribution in [0.3, 0.4) is 0 Å². The van der Waals surface area contributed by atoms with Gasteiger partial charge in [0.25, 0.3) is 0 Å². The molecule has 7 unspecified atom stereocenters. The van der Waals surface area contributed by atoms with Crippen LogP contribution in [0.2, 0.25) is 0 Å². The van der Waals surface area contributed by atoms with Gasteiger partial charge in [-0.15, -0.1) is 0 Å². The van der Waals surface area contributed by atoms with Crippen molar-refractivity contribution in [1.82, 2.24) is 0 Å². The second-order valence-electron chi connectivity index (χ2n) is 7.10. The molecule has 2 heterocycles. The largest absolute Gasteiger partial charge is 0.478 e. The molecule has 2 aliphatic carbocycles. The van der Waals surface area contributed by atoms with E-state index >= 15 is 0 Å². The van der Waals surface area contributed by atoms with Gasteiger partial charge in [-0.1, -0.05) is 13.8 Å². The maximum Gasteiger partial charge on any atom is 0.331 e. The molecular weight excluding hydrogens is 256 g/mol. The van der Waals surface area contributed by atoms with Crippen LogP contribution in [0.1, 0.15) is 39.5 Å². The Bertz CT molecular complexity index is 483. The molecule has 2 saturated heterocycles. The van der Waals surface area contributed by atoms with Crippen molar-refractivity contribution in [2.24, 2.45) is 17.8 Å². The lowest BCUT2D eigenvalue weighted by molar-refractivity contribution is -0.133. The van der Waals surface area contributed by atoms with E-state index in [1.807, 2.05) is 6.92 Å². The summed E-state index contributed by atoms with van der Waals surface area (Å²) in [7, 11) is 0. The predicted octanol–water partition coefficient (Wildman–Crippen LogP) is 2.38. The third-order valence-electron chi connectivity index (χ3n) is 5.69. The van der Waals surface area contributed by atoms with Gasteiger partial charge >= 0.3 is 5.97 Å². The number of carboxylic acids is 1. The van der Waals surface area contributed by atoms with Crippen molar-refractivity contribution in [3.63, 3.8) is 0 Å². The highest BCUT2D eigenvalue weighted by Crippen LogP contribution is 2.50. The number of carbonyl (C=O) groups is 1. The molecule has 4 rings (SSSR count). The van der Waals surface area contributed by atoms with Gasteiger partial charge in [-0.05, 0) is 49.0 Å². The van der Waals surface area contributed by atoms with Gasteiger partial charge in [0.15, 0.2) is 0 Å². The van der Waals surface area contributed by atoms with Crippen molar-refractivity contribution >= 4 is 5.97 Å². The van der Waals surface area contributed by atoms with Crippen LogP contribution >= 0.6 is 0 Å². The lowest BCUT2D eigenvalue weighted by atomic mass is 9.73. The minimum absolute atomic E-state index is 0.0994. The molecule has 4 heteroatoms. The Kier molecular flexibility index (Phi) is 2.77. The van der Waals surface area contributed by atoms with Crippen molar-refractivity contribution in [2.45, 2.75) is 63.9 Å². The Morgan fingerprint density at radius 2 is 1.90 bits per heavy atom. The van der Waals surface area contributed by atoms with Crippen molar-refractivity contribution < 1.29 is 19.4 Å². The average Bonchev–Trinajstić information content (AvgIpc) is 3.23. The fourth-order valence-corrected chi connectivity index (χ4v) is 4.39. The lowest BCUT2D eigenvalue weighted by Gasteiger charge is -2.29. The molecule has 0 spiro atoms. The minimum Gasteiger partial charge on any atom is -0.478 e. The van der Waals surface area contributed by atoms with Crippen LogP contribution < -0.4 is 0 Å². The van der Waals surface area contributed by atoms with Crippen LogP contribution in [0, 0.1) is 17.8 Å². The number of hydrogen-bond donors (Lipinski definition) is 1. The van der Waals surface area contributed by atoms with Gasteiger partial charge in [0.2, 0.25) is 0 Å². The maximum absolute atomic E-state index is 11.6. The highest BCUT2D eigenvalue weighted by Gasteiger charge is 2.52. The highest BCUT2D eigenvalue weighted by atomic mass is 16.6. The molecule has 110 valence electrons. The van der Waals surface area contributed by atoms with E-state index in [0.29, 0.717) is 29.6 Å². The second kappa shape index (κ2) is 4.31. The first-order valence-corrected chi connectivity index (χ1v) is 7.81. The van der Waals surface area contributed by atoms with E-state index in [1.165, 1.54) is 0 Å². The zero-order chi connectivity index (χ0) is 14.0. The summed E-state index contributed by atoms with van der Waals surface area (Å²) < 4.78 is 11.3. The Hall–Kier alpha value is -0.870. The third-order valence-corrected chi connectivity index (χ3v) is 5.69. The summed E-state index contributed by atoms with van der Waals surface area (Å²) in [5.74, 6) is 0.550. The lowest BCUT2D eigenvalue weighted by Crippen LogP contribution is -2.27. The van der Waals surface area contributed by atoms with Gasteiger partial charge in [0, 0.05) is 5.57 Å². The topological polar surface area (TPSA) is 62.4 Å². The van der Waals surface area contributed by atoms with Gasteiger partial charge in [0.1, 0.15) is 6.10 Å². The van der Waals surface area contributed by atoms with Crippen LogP contribution in [0.25, 0.3) is 0 Å². The Morgan fingerprint density at radius 3 is 2.65 bits per heavy atom. The van der Waals surface area contributed by atoms with Gasteiger partial charge in [-0.3, -0.25) is 0 Å². The van der Waals surface area contributed by atoms with Gasteiger partial charge in [-0.2, -0.15) is 0 Å². The van der Waals surface area contributed by atoms with E-state index in [1.54, 1.807) is 0 Å². The van der Waals surface area contributed by atoms with Crippen molar-refractivity contribution in [3.8, 4) is 0 Å². The molecule has 1 N–H and O–H groups in total. The zero-order valence-corrected chi connectivity index (χ0v) is 12.0. The summed E-state index contributed by atoms with van der Waals surface area (Å²) in [6.45, 7) is 4.30. The van der Waals surface area contributed by atoms with Crippen LogP contribution in [0.15, 0.2) is 11.1 Å². The van der Waals surface area contributed by atoms with E-state index in [4.69, 9.17) is 9.47 Å². The van der Waals surface area contributed by atoms with Crippen LogP contribution in [-0.2, 0) is 14.3 Å². The fourth-order valence-electron chi connectivity index (χ4n) is 4.39.